The minimum absolute atomic E-state index is 0. The van der Waals surface area contributed by atoms with Crippen LogP contribution in [0, 0.1) is 6.92 Å². The second kappa shape index (κ2) is 12.2. The van der Waals surface area contributed by atoms with E-state index in [0.717, 1.165) is 51.8 Å². The SMILES string of the molecule is CN=C(NCCN1CCN(C(C)=O)CC1)NCC(C)c1cccc(C)c1.I. The summed E-state index contributed by atoms with van der Waals surface area (Å²) in [5.41, 5.74) is 2.64. The molecule has 1 atom stereocenters. The highest BCUT2D eigenvalue weighted by Crippen LogP contribution is 2.15. The molecule has 1 aliphatic rings. The molecular formula is C20H34IN5O. The fourth-order valence-electron chi connectivity index (χ4n) is 3.18. The third kappa shape index (κ3) is 8.04. The quantitative estimate of drug-likeness (QED) is 0.367. The summed E-state index contributed by atoms with van der Waals surface area (Å²) in [5.74, 6) is 1.44. The van der Waals surface area contributed by atoms with E-state index in [9.17, 15) is 4.79 Å². The van der Waals surface area contributed by atoms with Gasteiger partial charge in [-0.2, -0.15) is 0 Å². The highest BCUT2D eigenvalue weighted by molar-refractivity contribution is 14.0. The Kier molecular flexibility index (Phi) is 10.7. The summed E-state index contributed by atoms with van der Waals surface area (Å²) >= 11 is 0. The number of benzene rings is 1. The van der Waals surface area contributed by atoms with Gasteiger partial charge in [-0.1, -0.05) is 36.8 Å². The van der Waals surface area contributed by atoms with Crippen LogP contribution in [0.25, 0.3) is 0 Å². The third-order valence-corrected chi connectivity index (χ3v) is 4.95. The van der Waals surface area contributed by atoms with Gasteiger partial charge in [0.05, 0.1) is 0 Å². The summed E-state index contributed by atoms with van der Waals surface area (Å²) in [6, 6.07) is 8.65. The van der Waals surface area contributed by atoms with Crippen LogP contribution in [0.2, 0.25) is 0 Å². The molecular weight excluding hydrogens is 453 g/mol. The number of piperazine rings is 1. The zero-order valence-corrected chi connectivity index (χ0v) is 19.3. The van der Waals surface area contributed by atoms with Crippen LogP contribution in [0.3, 0.4) is 0 Å². The lowest BCUT2D eigenvalue weighted by Gasteiger charge is -2.34. The average molecular weight is 487 g/mol. The summed E-state index contributed by atoms with van der Waals surface area (Å²) in [7, 11) is 1.80. The number of hydrogen-bond donors (Lipinski definition) is 2. The van der Waals surface area contributed by atoms with Gasteiger partial charge in [0.1, 0.15) is 0 Å². The summed E-state index contributed by atoms with van der Waals surface area (Å²) in [6.07, 6.45) is 0. The van der Waals surface area contributed by atoms with Gasteiger partial charge in [0.25, 0.3) is 0 Å². The van der Waals surface area contributed by atoms with Crippen LogP contribution in [0.1, 0.15) is 30.9 Å². The van der Waals surface area contributed by atoms with Crippen LogP contribution in [-0.2, 0) is 4.79 Å². The molecule has 1 aliphatic heterocycles. The van der Waals surface area contributed by atoms with E-state index in [1.807, 2.05) is 4.90 Å². The highest BCUT2D eigenvalue weighted by atomic mass is 127. The first kappa shape index (κ1) is 23.7. The van der Waals surface area contributed by atoms with Crippen LogP contribution in [-0.4, -0.2) is 74.5 Å². The van der Waals surface area contributed by atoms with E-state index in [4.69, 9.17) is 0 Å². The first-order chi connectivity index (χ1) is 12.5. The molecule has 1 unspecified atom stereocenters. The molecule has 2 N–H and O–H groups in total. The minimum atomic E-state index is 0. The standard InChI is InChI=1S/C20H33N5O.HI/c1-16-6-5-7-19(14-16)17(2)15-23-20(21-4)22-8-9-24-10-12-25(13-11-24)18(3)26;/h5-7,14,17H,8-13,15H2,1-4H3,(H2,21,22,23);1H. The summed E-state index contributed by atoms with van der Waals surface area (Å²) < 4.78 is 0. The molecule has 0 spiro atoms. The Morgan fingerprint density at radius 1 is 1.22 bits per heavy atom. The highest BCUT2D eigenvalue weighted by Gasteiger charge is 2.18. The molecule has 1 amide bonds. The zero-order valence-electron chi connectivity index (χ0n) is 17.0. The molecule has 0 aromatic heterocycles. The minimum Gasteiger partial charge on any atom is -0.356 e. The van der Waals surface area contributed by atoms with Gasteiger partial charge in [0.15, 0.2) is 5.96 Å². The lowest BCUT2D eigenvalue weighted by Crippen LogP contribution is -2.50. The Labute approximate surface area is 180 Å². The lowest BCUT2D eigenvalue weighted by molar-refractivity contribution is -0.130. The first-order valence-electron chi connectivity index (χ1n) is 9.48. The Balaban J connectivity index is 0.00000364. The van der Waals surface area contributed by atoms with Gasteiger partial charge in [0.2, 0.25) is 5.91 Å². The van der Waals surface area contributed by atoms with E-state index >= 15 is 0 Å². The zero-order chi connectivity index (χ0) is 18.9. The Morgan fingerprint density at radius 3 is 2.52 bits per heavy atom. The number of halogens is 1. The Morgan fingerprint density at radius 2 is 1.93 bits per heavy atom. The second-order valence-electron chi connectivity index (χ2n) is 7.04. The molecule has 0 bridgehead atoms. The molecule has 7 heteroatoms. The molecule has 27 heavy (non-hydrogen) atoms. The number of carbonyl (C=O) groups excluding carboxylic acids is 1. The van der Waals surface area contributed by atoms with E-state index in [1.54, 1.807) is 14.0 Å². The van der Waals surface area contributed by atoms with Crippen molar-refractivity contribution < 1.29 is 4.79 Å². The maximum Gasteiger partial charge on any atom is 0.219 e. The number of guanidine groups is 1. The molecule has 1 heterocycles. The van der Waals surface area contributed by atoms with E-state index in [-0.39, 0.29) is 29.9 Å². The summed E-state index contributed by atoms with van der Waals surface area (Å²) in [6.45, 7) is 12.2. The van der Waals surface area contributed by atoms with E-state index in [0.29, 0.717) is 5.92 Å². The van der Waals surface area contributed by atoms with Crippen molar-refractivity contribution in [3.05, 3.63) is 35.4 Å². The lowest BCUT2D eigenvalue weighted by atomic mass is 9.99. The van der Waals surface area contributed by atoms with Crippen molar-refractivity contribution in [2.24, 2.45) is 4.99 Å². The number of nitrogens with one attached hydrogen (secondary N) is 2. The molecule has 0 radical (unpaired) electrons. The predicted molar refractivity (Wildman–Crippen MR) is 123 cm³/mol. The molecule has 1 saturated heterocycles. The van der Waals surface area contributed by atoms with Crippen LogP contribution in [0.4, 0.5) is 0 Å². The fourth-order valence-corrected chi connectivity index (χ4v) is 3.18. The summed E-state index contributed by atoms with van der Waals surface area (Å²) in [5, 5.41) is 6.80. The maximum atomic E-state index is 11.4. The van der Waals surface area contributed by atoms with E-state index in [2.05, 4.69) is 58.6 Å². The largest absolute Gasteiger partial charge is 0.356 e. The molecule has 2 rings (SSSR count). The van der Waals surface area contributed by atoms with Crippen LogP contribution >= 0.6 is 24.0 Å². The van der Waals surface area contributed by atoms with Crippen LogP contribution in [0.15, 0.2) is 29.3 Å². The van der Waals surface area contributed by atoms with E-state index in [1.165, 1.54) is 11.1 Å². The molecule has 0 aliphatic carbocycles. The number of aryl methyl sites for hydroxylation is 1. The number of amides is 1. The van der Waals surface area contributed by atoms with Gasteiger partial charge >= 0.3 is 0 Å². The third-order valence-electron chi connectivity index (χ3n) is 4.95. The average Bonchev–Trinajstić information content (AvgIpc) is 2.64. The van der Waals surface area contributed by atoms with Crippen molar-refractivity contribution in [2.75, 3.05) is 52.9 Å². The van der Waals surface area contributed by atoms with Crippen molar-refractivity contribution in [3.8, 4) is 0 Å². The van der Waals surface area contributed by atoms with Crippen LogP contribution < -0.4 is 10.6 Å². The number of rotatable bonds is 6. The molecule has 152 valence electrons. The normalized spacial score (nSPS) is 16.4. The van der Waals surface area contributed by atoms with Gasteiger partial charge in [-0.3, -0.25) is 14.7 Å². The van der Waals surface area contributed by atoms with Crippen molar-refractivity contribution in [3.63, 3.8) is 0 Å². The molecule has 0 saturated carbocycles. The van der Waals surface area contributed by atoms with Gasteiger partial charge in [-0.05, 0) is 18.4 Å². The fraction of sp³-hybridized carbons (Fsp3) is 0.600. The molecule has 1 fully saturated rings. The first-order valence-corrected chi connectivity index (χ1v) is 9.48. The molecule has 1 aromatic carbocycles. The number of nitrogens with zero attached hydrogens (tertiary/aromatic N) is 3. The van der Waals surface area contributed by atoms with Gasteiger partial charge < -0.3 is 15.5 Å². The topological polar surface area (TPSA) is 60.0 Å². The number of aliphatic imine (C=N–C) groups is 1. The second-order valence-corrected chi connectivity index (χ2v) is 7.04. The number of hydrogen-bond acceptors (Lipinski definition) is 3. The van der Waals surface area contributed by atoms with Gasteiger partial charge in [-0.25, -0.2) is 0 Å². The smallest absolute Gasteiger partial charge is 0.219 e. The molecule has 1 aromatic rings. The summed E-state index contributed by atoms with van der Waals surface area (Å²) in [4.78, 5) is 20.0. The molecule has 6 nitrogen and oxygen atoms in total. The maximum absolute atomic E-state index is 11.4. The monoisotopic (exact) mass is 487 g/mol. The predicted octanol–water partition coefficient (Wildman–Crippen LogP) is 2.05. The van der Waals surface area contributed by atoms with E-state index < -0.39 is 0 Å². The van der Waals surface area contributed by atoms with Gasteiger partial charge in [0, 0.05) is 59.8 Å². The van der Waals surface area contributed by atoms with Crippen LogP contribution in [0.5, 0.6) is 0 Å². The number of carbonyl (C=O) groups is 1. The van der Waals surface area contributed by atoms with Crippen molar-refractivity contribution in [2.45, 2.75) is 26.7 Å². The Hall–Kier alpha value is -1.35. The van der Waals surface area contributed by atoms with Crippen molar-refractivity contribution >= 4 is 35.8 Å². The van der Waals surface area contributed by atoms with Crippen molar-refractivity contribution in [1.82, 2.24) is 20.4 Å². The van der Waals surface area contributed by atoms with Gasteiger partial charge in [-0.15, -0.1) is 24.0 Å². The Bertz CT molecular complexity index is 614. The van der Waals surface area contributed by atoms with Crippen molar-refractivity contribution in [1.29, 1.82) is 0 Å².